The van der Waals surface area contributed by atoms with Crippen LogP contribution in [0, 0.1) is 11.6 Å². The van der Waals surface area contributed by atoms with Crippen molar-refractivity contribution < 1.29 is 37.7 Å². The number of hydrogen-bond donors (Lipinski definition) is 1. The molecule has 0 atom stereocenters. The van der Waals surface area contributed by atoms with E-state index in [-0.39, 0.29) is 29.5 Å². The second-order valence-electron chi connectivity index (χ2n) is 7.60. The first-order chi connectivity index (χ1) is 19.2. The molecule has 0 aliphatic heterocycles. The van der Waals surface area contributed by atoms with Crippen LogP contribution in [0.3, 0.4) is 0 Å². The Labute approximate surface area is 237 Å². The van der Waals surface area contributed by atoms with E-state index in [4.69, 9.17) is 19.3 Å². The molecule has 0 radical (unpaired) electrons. The molecule has 0 saturated heterocycles. The van der Waals surface area contributed by atoms with Crippen LogP contribution in [0.5, 0.6) is 23.3 Å². The number of benzene rings is 2. The molecule has 2 aromatic carbocycles. The molecule has 4 rings (SSSR count). The standard InChI is InChI=1S/C15H14FNO3S.C13H10FNO3S/c1-3-19-15(18)13-7-10(16)9-17-14(13)20-11-5-4-6-12(8-11)21-2;1-19-10-4-2-3-9(6-10)18-12-11(13(16)17)5-8(14)7-15-12/h4-9H,3H2,1-2H3;2-7H,1H3,(H,16,17). The van der Waals surface area contributed by atoms with Crippen molar-refractivity contribution in [3.63, 3.8) is 0 Å². The van der Waals surface area contributed by atoms with Crippen molar-refractivity contribution in [3.8, 4) is 23.3 Å². The summed E-state index contributed by atoms with van der Waals surface area (Å²) in [7, 11) is 0. The second kappa shape index (κ2) is 14.8. The largest absolute Gasteiger partial charge is 0.477 e. The number of nitrogens with zero attached hydrogens (tertiary/aromatic N) is 2. The van der Waals surface area contributed by atoms with Gasteiger partial charge in [-0.2, -0.15) is 0 Å². The number of thioether (sulfide) groups is 2. The molecule has 2 heterocycles. The molecule has 208 valence electrons. The summed E-state index contributed by atoms with van der Waals surface area (Å²) in [4.78, 5) is 32.3. The number of esters is 1. The second-order valence-corrected chi connectivity index (χ2v) is 9.36. The molecular weight excluding hydrogens is 562 g/mol. The van der Waals surface area contributed by atoms with Gasteiger partial charge >= 0.3 is 11.9 Å². The molecule has 8 nitrogen and oxygen atoms in total. The summed E-state index contributed by atoms with van der Waals surface area (Å²) in [6.45, 7) is 1.86. The molecule has 0 aliphatic carbocycles. The van der Waals surface area contributed by atoms with Gasteiger partial charge in [-0.3, -0.25) is 0 Å². The number of rotatable bonds is 9. The van der Waals surface area contributed by atoms with E-state index in [2.05, 4.69) is 9.97 Å². The lowest BCUT2D eigenvalue weighted by atomic mass is 10.2. The number of pyridine rings is 2. The third-order valence-electron chi connectivity index (χ3n) is 4.87. The van der Waals surface area contributed by atoms with E-state index in [9.17, 15) is 18.4 Å². The van der Waals surface area contributed by atoms with Gasteiger partial charge in [0.25, 0.3) is 0 Å². The molecule has 0 aliphatic rings. The monoisotopic (exact) mass is 586 g/mol. The Bertz CT molecular complexity index is 1490. The Morgan fingerprint density at radius 2 is 1.27 bits per heavy atom. The molecule has 12 heteroatoms. The number of aromatic nitrogens is 2. The molecule has 0 unspecified atom stereocenters. The zero-order chi connectivity index (χ0) is 29.1. The van der Waals surface area contributed by atoms with Crippen molar-refractivity contribution in [2.45, 2.75) is 16.7 Å². The summed E-state index contributed by atoms with van der Waals surface area (Å²) in [5.41, 5.74) is -0.346. The number of carbonyl (C=O) groups excluding carboxylic acids is 1. The Balaban J connectivity index is 0.000000222. The van der Waals surface area contributed by atoms with Gasteiger partial charge in [0.05, 0.1) is 19.0 Å². The molecule has 2 aromatic heterocycles. The van der Waals surface area contributed by atoms with Crippen LogP contribution in [-0.4, -0.2) is 46.1 Å². The summed E-state index contributed by atoms with van der Waals surface area (Å²) >= 11 is 3.09. The summed E-state index contributed by atoms with van der Waals surface area (Å²) in [6, 6.07) is 16.3. The summed E-state index contributed by atoms with van der Waals surface area (Å²) < 4.78 is 42.1. The Morgan fingerprint density at radius 1 is 0.800 bits per heavy atom. The topological polar surface area (TPSA) is 108 Å². The van der Waals surface area contributed by atoms with Gasteiger partial charge in [-0.05, 0) is 68.0 Å². The van der Waals surface area contributed by atoms with E-state index in [0.717, 1.165) is 34.3 Å². The molecule has 0 saturated carbocycles. The first kappa shape index (κ1) is 30.4. The average molecular weight is 587 g/mol. The molecule has 1 N–H and O–H groups in total. The van der Waals surface area contributed by atoms with Gasteiger partial charge in [-0.1, -0.05) is 12.1 Å². The van der Waals surface area contributed by atoms with Gasteiger partial charge in [0.2, 0.25) is 11.8 Å². The number of hydrogen-bond acceptors (Lipinski definition) is 9. The maximum absolute atomic E-state index is 13.3. The highest BCUT2D eigenvalue weighted by Gasteiger charge is 2.18. The third-order valence-corrected chi connectivity index (χ3v) is 6.32. The first-order valence-corrected chi connectivity index (χ1v) is 14.0. The van der Waals surface area contributed by atoms with Gasteiger partial charge in [-0.25, -0.2) is 28.3 Å². The third kappa shape index (κ3) is 8.68. The van der Waals surface area contributed by atoms with Crippen LogP contribution in [0.15, 0.2) is 82.8 Å². The number of aromatic carboxylic acids is 1. The fraction of sp³-hybridized carbons (Fsp3) is 0.143. The number of carboxylic acids is 1. The van der Waals surface area contributed by atoms with Gasteiger partial charge in [-0.15, -0.1) is 23.5 Å². The minimum absolute atomic E-state index is 0.0214. The van der Waals surface area contributed by atoms with Crippen LogP contribution in [0.2, 0.25) is 0 Å². The molecule has 0 bridgehead atoms. The molecule has 0 fully saturated rings. The lowest BCUT2D eigenvalue weighted by Crippen LogP contribution is -2.08. The molecule has 4 aromatic rings. The average Bonchev–Trinajstić information content (AvgIpc) is 2.95. The van der Waals surface area contributed by atoms with Gasteiger partial charge in [0.1, 0.15) is 34.3 Å². The summed E-state index contributed by atoms with van der Waals surface area (Å²) in [5, 5.41) is 8.98. The van der Waals surface area contributed by atoms with Gasteiger partial charge in [0, 0.05) is 9.79 Å². The zero-order valence-electron chi connectivity index (χ0n) is 21.6. The van der Waals surface area contributed by atoms with Crippen LogP contribution in [-0.2, 0) is 4.74 Å². The van der Waals surface area contributed by atoms with E-state index in [0.29, 0.717) is 11.5 Å². The number of carbonyl (C=O) groups is 2. The Hall–Kier alpha value is -4.16. The minimum Gasteiger partial charge on any atom is -0.477 e. The van der Waals surface area contributed by atoms with Crippen LogP contribution >= 0.6 is 23.5 Å². The van der Waals surface area contributed by atoms with Crippen molar-refractivity contribution in [2.24, 2.45) is 0 Å². The fourth-order valence-electron chi connectivity index (χ4n) is 3.08. The van der Waals surface area contributed by atoms with Crippen molar-refractivity contribution in [1.29, 1.82) is 0 Å². The van der Waals surface area contributed by atoms with Crippen molar-refractivity contribution in [1.82, 2.24) is 9.97 Å². The molecule has 0 spiro atoms. The molecular formula is C28H24F2N2O6S2. The normalized spacial score (nSPS) is 10.2. The molecule has 0 amide bonds. The molecule has 40 heavy (non-hydrogen) atoms. The van der Waals surface area contributed by atoms with Gasteiger partial charge in [0.15, 0.2) is 0 Å². The quantitative estimate of drug-likeness (QED) is 0.158. The fourth-order valence-corrected chi connectivity index (χ4v) is 3.97. The highest BCUT2D eigenvalue weighted by molar-refractivity contribution is 7.98. The highest BCUT2D eigenvalue weighted by Crippen LogP contribution is 2.28. The lowest BCUT2D eigenvalue weighted by molar-refractivity contribution is 0.0521. The Morgan fingerprint density at radius 3 is 1.73 bits per heavy atom. The van der Waals surface area contributed by atoms with E-state index >= 15 is 0 Å². The van der Waals surface area contributed by atoms with E-state index < -0.39 is 23.6 Å². The van der Waals surface area contributed by atoms with E-state index in [1.807, 2.05) is 36.8 Å². The number of halogens is 2. The van der Waals surface area contributed by atoms with Crippen molar-refractivity contribution in [3.05, 3.63) is 95.8 Å². The lowest BCUT2D eigenvalue weighted by Gasteiger charge is -2.10. The Kier molecular flexibility index (Phi) is 11.3. The van der Waals surface area contributed by atoms with Gasteiger partial charge < -0.3 is 19.3 Å². The van der Waals surface area contributed by atoms with Crippen LogP contribution in [0.1, 0.15) is 27.6 Å². The predicted octanol–water partition coefficient (Wildman–Crippen LogP) is 7.34. The maximum Gasteiger partial charge on any atom is 0.343 e. The van der Waals surface area contributed by atoms with E-state index in [1.54, 1.807) is 43.0 Å². The minimum atomic E-state index is -1.29. The maximum atomic E-state index is 13.3. The first-order valence-electron chi connectivity index (χ1n) is 11.6. The van der Waals surface area contributed by atoms with Crippen LogP contribution < -0.4 is 9.47 Å². The van der Waals surface area contributed by atoms with Crippen LogP contribution in [0.4, 0.5) is 8.78 Å². The van der Waals surface area contributed by atoms with Crippen LogP contribution in [0.25, 0.3) is 0 Å². The van der Waals surface area contributed by atoms with Crippen molar-refractivity contribution in [2.75, 3.05) is 19.1 Å². The number of carboxylic acid groups (broad SMARTS) is 1. The highest BCUT2D eigenvalue weighted by atomic mass is 32.2. The predicted molar refractivity (Wildman–Crippen MR) is 148 cm³/mol. The van der Waals surface area contributed by atoms with E-state index in [1.165, 1.54) is 11.8 Å². The zero-order valence-corrected chi connectivity index (χ0v) is 23.2. The SMILES string of the molecule is CCOC(=O)c1cc(F)cnc1Oc1cccc(SC)c1.CSc1cccc(Oc2ncc(F)cc2C(=O)O)c1. The summed E-state index contributed by atoms with van der Waals surface area (Å²) in [6.07, 6.45) is 5.77. The number of ether oxygens (including phenoxy) is 3. The smallest absolute Gasteiger partial charge is 0.343 e. The van der Waals surface area contributed by atoms with Crippen molar-refractivity contribution >= 4 is 35.5 Å². The summed E-state index contributed by atoms with van der Waals surface area (Å²) in [5.74, 6) is -2.44.